The maximum absolute atomic E-state index is 11.7. The van der Waals surface area contributed by atoms with Gasteiger partial charge in [0.05, 0.1) is 6.61 Å². The van der Waals surface area contributed by atoms with Crippen LogP contribution < -0.4 is 10.6 Å². The standard InChI is InChI=1S/C19H37N5O2/c1-4-26-19(25)24-14-8-17(9-15-24)22-18(20-3)21-10-5-11-23-12-6-16(2)7-13-23/h16-17H,4-15H2,1-3H3,(H2,20,21,22). The third kappa shape index (κ3) is 7.02. The van der Waals surface area contributed by atoms with Crippen LogP contribution in [0.5, 0.6) is 0 Å². The fraction of sp³-hybridized carbons (Fsp3) is 0.895. The van der Waals surface area contributed by atoms with Crippen molar-refractivity contribution in [1.29, 1.82) is 0 Å². The molecule has 0 spiro atoms. The summed E-state index contributed by atoms with van der Waals surface area (Å²) in [6.07, 6.45) is 5.45. The summed E-state index contributed by atoms with van der Waals surface area (Å²) in [5, 5.41) is 6.91. The Morgan fingerprint density at radius 3 is 2.46 bits per heavy atom. The van der Waals surface area contributed by atoms with Gasteiger partial charge in [0, 0.05) is 32.7 Å². The molecule has 150 valence electrons. The van der Waals surface area contributed by atoms with E-state index in [1.165, 1.54) is 25.9 Å². The highest BCUT2D eigenvalue weighted by Crippen LogP contribution is 2.15. The summed E-state index contributed by atoms with van der Waals surface area (Å²) < 4.78 is 5.07. The van der Waals surface area contributed by atoms with Crippen LogP contribution in [0.1, 0.15) is 46.0 Å². The Kier molecular flexibility index (Phi) is 9.01. The van der Waals surface area contributed by atoms with Gasteiger partial charge in [-0.05, 0) is 64.6 Å². The number of hydrogen-bond donors (Lipinski definition) is 2. The van der Waals surface area contributed by atoms with E-state index < -0.39 is 0 Å². The number of nitrogens with zero attached hydrogens (tertiary/aromatic N) is 3. The molecule has 0 aromatic rings. The van der Waals surface area contributed by atoms with Crippen molar-refractivity contribution in [1.82, 2.24) is 20.4 Å². The van der Waals surface area contributed by atoms with E-state index in [4.69, 9.17) is 4.74 Å². The van der Waals surface area contributed by atoms with Crippen molar-refractivity contribution in [3.05, 3.63) is 0 Å². The highest BCUT2D eigenvalue weighted by atomic mass is 16.6. The van der Waals surface area contributed by atoms with Gasteiger partial charge in [-0.3, -0.25) is 4.99 Å². The Hall–Kier alpha value is -1.50. The molecule has 0 aromatic carbocycles. The van der Waals surface area contributed by atoms with E-state index in [1.54, 1.807) is 4.90 Å². The van der Waals surface area contributed by atoms with Gasteiger partial charge in [0.1, 0.15) is 0 Å². The highest BCUT2D eigenvalue weighted by Gasteiger charge is 2.24. The smallest absolute Gasteiger partial charge is 0.409 e. The summed E-state index contributed by atoms with van der Waals surface area (Å²) in [5.41, 5.74) is 0. The van der Waals surface area contributed by atoms with Crippen LogP contribution in [0.15, 0.2) is 4.99 Å². The number of carbonyl (C=O) groups is 1. The summed E-state index contributed by atoms with van der Waals surface area (Å²) in [6, 6.07) is 0.357. The Morgan fingerprint density at radius 1 is 1.15 bits per heavy atom. The minimum Gasteiger partial charge on any atom is -0.450 e. The fourth-order valence-electron chi connectivity index (χ4n) is 3.60. The lowest BCUT2D eigenvalue weighted by molar-refractivity contribution is 0.0963. The summed E-state index contributed by atoms with van der Waals surface area (Å²) in [4.78, 5) is 20.4. The van der Waals surface area contributed by atoms with E-state index in [0.29, 0.717) is 12.6 Å². The quantitative estimate of drug-likeness (QED) is 0.426. The first-order valence-corrected chi connectivity index (χ1v) is 10.2. The van der Waals surface area contributed by atoms with Gasteiger partial charge in [0.25, 0.3) is 0 Å². The molecule has 0 unspecified atom stereocenters. The first-order chi connectivity index (χ1) is 12.6. The molecule has 0 atom stereocenters. The Bertz CT molecular complexity index is 441. The molecule has 7 nitrogen and oxygen atoms in total. The van der Waals surface area contributed by atoms with Crippen molar-refractivity contribution in [3.8, 4) is 0 Å². The van der Waals surface area contributed by atoms with E-state index in [-0.39, 0.29) is 6.09 Å². The van der Waals surface area contributed by atoms with E-state index in [1.807, 2.05) is 14.0 Å². The van der Waals surface area contributed by atoms with Gasteiger partial charge in [0.15, 0.2) is 5.96 Å². The molecule has 0 aliphatic carbocycles. The normalized spacial score (nSPS) is 20.9. The average Bonchev–Trinajstić information content (AvgIpc) is 2.66. The zero-order valence-corrected chi connectivity index (χ0v) is 16.8. The van der Waals surface area contributed by atoms with E-state index in [0.717, 1.165) is 57.3 Å². The first-order valence-electron chi connectivity index (χ1n) is 10.2. The molecule has 0 aromatic heterocycles. The summed E-state index contributed by atoms with van der Waals surface area (Å²) >= 11 is 0. The molecule has 0 saturated carbocycles. The molecule has 2 heterocycles. The van der Waals surface area contributed by atoms with Crippen LogP contribution in [-0.4, -0.2) is 80.8 Å². The zero-order chi connectivity index (χ0) is 18.8. The van der Waals surface area contributed by atoms with Crippen LogP contribution in [0.4, 0.5) is 4.79 Å². The largest absolute Gasteiger partial charge is 0.450 e. The molecule has 2 rings (SSSR count). The number of rotatable bonds is 6. The van der Waals surface area contributed by atoms with E-state index in [9.17, 15) is 4.79 Å². The number of carbonyl (C=O) groups excluding carboxylic acids is 1. The Labute approximate surface area is 158 Å². The molecule has 26 heavy (non-hydrogen) atoms. The molecular formula is C19H37N5O2. The molecular weight excluding hydrogens is 330 g/mol. The number of guanidine groups is 1. The molecule has 2 saturated heterocycles. The number of hydrogen-bond acceptors (Lipinski definition) is 4. The third-order valence-corrected chi connectivity index (χ3v) is 5.41. The van der Waals surface area contributed by atoms with Crippen LogP contribution in [-0.2, 0) is 4.74 Å². The van der Waals surface area contributed by atoms with Crippen molar-refractivity contribution in [2.75, 3.05) is 52.9 Å². The van der Waals surface area contributed by atoms with Gasteiger partial charge in [-0.1, -0.05) is 6.92 Å². The molecule has 2 N–H and O–H groups in total. The number of nitrogens with one attached hydrogen (secondary N) is 2. The molecule has 2 fully saturated rings. The van der Waals surface area contributed by atoms with Crippen LogP contribution in [0.2, 0.25) is 0 Å². The zero-order valence-electron chi connectivity index (χ0n) is 16.8. The van der Waals surface area contributed by atoms with Crippen molar-refractivity contribution in [2.24, 2.45) is 10.9 Å². The molecule has 2 aliphatic rings. The third-order valence-electron chi connectivity index (χ3n) is 5.41. The molecule has 1 amide bonds. The summed E-state index contributed by atoms with van der Waals surface area (Å²) in [7, 11) is 1.81. The van der Waals surface area contributed by atoms with Gasteiger partial charge in [0.2, 0.25) is 0 Å². The van der Waals surface area contributed by atoms with Crippen LogP contribution in [0, 0.1) is 5.92 Å². The fourth-order valence-corrected chi connectivity index (χ4v) is 3.60. The van der Waals surface area contributed by atoms with Crippen LogP contribution >= 0.6 is 0 Å². The SMILES string of the molecule is CCOC(=O)N1CCC(NC(=NC)NCCCN2CCC(C)CC2)CC1. The molecule has 0 bridgehead atoms. The average molecular weight is 368 g/mol. The molecule has 0 radical (unpaired) electrons. The monoisotopic (exact) mass is 367 g/mol. The maximum Gasteiger partial charge on any atom is 0.409 e. The Morgan fingerprint density at radius 2 is 1.85 bits per heavy atom. The highest BCUT2D eigenvalue weighted by molar-refractivity contribution is 5.80. The number of aliphatic imine (C=N–C) groups is 1. The number of amides is 1. The number of ether oxygens (including phenoxy) is 1. The van der Waals surface area contributed by atoms with Crippen molar-refractivity contribution in [2.45, 2.75) is 52.0 Å². The van der Waals surface area contributed by atoms with E-state index in [2.05, 4.69) is 27.4 Å². The molecule has 7 heteroatoms. The number of likely N-dealkylation sites (tertiary alicyclic amines) is 2. The van der Waals surface area contributed by atoms with Crippen molar-refractivity contribution in [3.63, 3.8) is 0 Å². The van der Waals surface area contributed by atoms with Crippen LogP contribution in [0.3, 0.4) is 0 Å². The van der Waals surface area contributed by atoms with Crippen LogP contribution in [0.25, 0.3) is 0 Å². The van der Waals surface area contributed by atoms with Gasteiger partial charge in [-0.15, -0.1) is 0 Å². The van der Waals surface area contributed by atoms with Crippen molar-refractivity contribution < 1.29 is 9.53 Å². The maximum atomic E-state index is 11.7. The predicted octanol–water partition coefficient (Wildman–Crippen LogP) is 1.89. The van der Waals surface area contributed by atoms with Gasteiger partial charge < -0.3 is 25.2 Å². The van der Waals surface area contributed by atoms with Gasteiger partial charge >= 0.3 is 6.09 Å². The lowest BCUT2D eigenvalue weighted by Crippen LogP contribution is -2.50. The minimum absolute atomic E-state index is 0.194. The molecule has 2 aliphatic heterocycles. The predicted molar refractivity (Wildman–Crippen MR) is 106 cm³/mol. The first kappa shape index (κ1) is 20.8. The van der Waals surface area contributed by atoms with E-state index >= 15 is 0 Å². The topological polar surface area (TPSA) is 69.2 Å². The Balaban J connectivity index is 1.59. The lowest BCUT2D eigenvalue weighted by Gasteiger charge is -2.32. The second kappa shape index (κ2) is 11.3. The lowest BCUT2D eigenvalue weighted by atomic mass is 9.99. The summed E-state index contributed by atoms with van der Waals surface area (Å²) in [5.74, 6) is 1.76. The minimum atomic E-state index is -0.194. The number of piperidine rings is 2. The van der Waals surface area contributed by atoms with Crippen molar-refractivity contribution >= 4 is 12.1 Å². The second-order valence-corrected chi connectivity index (χ2v) is 7.48. The second-order valence-electron chi connectivity index (χ2n) is 7.48. The van der Waals surface area contributed by atoms with Gasteiger partial charge in [-0.2, -0.15) is 0 Å². The summed E-state index contributed by atoms with van der Waals surface area (Å²) in [6.45, 7) is 10.7. The van der Waals surface area contributed by atoms with Gasteiger partial charge in [-0.25, -0.2) is 4.79 Å².